The number of rotatable bonds is 3. The van der Waals surface area contributed by atoms with E-state index in [0.717, 1.165) is 9.37 Å². The van der Waals surface area contributed by atoms with Gasteiger partial charge in [0.2, 0.25) is 0 Å². The van der Waals surface area contributed by atoms with Gasteiger partial charge in [0.05, 0.1) is 11.3 Å². The van der Waals surface area contributed by atoms with Crippen molar-refractivity contribution in [1.82, 2.24) is 10.2 Å². The fourth-order valence-corrected chi connectivity index (χ4v) is 3.08. The third kappa shape index (κ3) is 3.13. The van der Waals surface area contributed by atoms with Crippen molar-refractivity contribution in [3.05, 3.63) is 45.6 Å². The van der Waals surface area contributed by atoms with Gasteiger partial charge in [0.25, 0.3) is 0 Å². The summed E-state index contributed by atoms with van der Waals surface area (Å²) in [5, 5.41) is 17.7. The van der Waals surface area contributed by atoms with Crippen LogP contribution in [-0.4, -0.2) is 21.3 Å². The van der Waals surface area contributed by atoms with Crippen molar-refractivity contribution in [3.63, 3.8) is 0 Å². The van der Waals surface area contributed by atoms with Crippen LogP contribution in [0.4, 0.5) is 0 Å². The molecule has 0 spiro atoms. The Labute approximate surface area is 123 Å². The molecule has 0 unspecified atom stereocenters. The molecule has 1 aromatic heterocycles. The second kappa shape index (κ2) is 5.71. The van der Waals surface area contributed by atoms with Crippen LogP contribution in [0.15, 0.2) is 38.7 Å². The normalized spacial score (nSPS) is 10.5. The molecule has 0 fully saturated rings. The molecule has 0 saturated carbocycles. The maximum atomic E-state index is 11.4. The highest BCUT2D eigenvalue weighted by Crippen LogP contribution is 2.31. The molecule has 0 saturated heterocycles. The average Bonchev–Trinajstić information content (AvgIpc) is 2.33. The van der Waals surface area contributed by atoms with E-state index in [4.69, 9.17) is 0 Å². The fraction of sp³-hybridized carbons (Fsp3) is 0.154. The molecular weight excluding hydrogens is 328 g/mol. The Bertz CT molecular complexity index is 647. The molecule has 2 rings (SSSR count). The average molecular weight is 339 g/mol. The maximum absolute atomic E-state index is 11.4. The summed E-state index contributed by atoms with van der Waals surface area (Å²) >= 11 is 4.68. The van der Waals surface area contributed by atoms with Crippen LogP contribution in [0.3, 0.4) is 0 Å². The van der Waals surface area contributed by atoms with E-state index in [-0.39, 0.29) is 5.56 Å². The first-order valence-electron chi connectivity index (χ1n) is 5.49. The second-order valence-electron chi connectivity index (χ2n) is 3.96. The number of aromatic nitrogens is 2. The van der Waals surface area contributed by atoms with Gasteiger partial charge in [-0.1, -0.05) is 33.8 Å². The lowest BCUT2D eigenvalue weighted by Gasteiger charge is -2.08. The summed E-state index contributed by atoms with van der Waals surface area (Å²) in [4.78, 5) is 12.3. The molecule has 1 aromatic carbocycles. The van der Waals surface area contributed by atoms with Crippen LogP contribution in [0, 0.1) is 13.8 Å². The summed E-state index contributed by atoms with van der Waals surface area (Å²) < 4.78 is 0.936. The van der Waals surface area contributed by atoms with Crippen molar-refractivity contribution in [3.8, 4) is 0 Å². The third-order valence-electron chi connectivity index (χ3n) is 2.65. The maximum Gasteiger partial charge on any atom is 0.338 e. The number of carboxylic acid groups (broad SMARTS) is 1. The Morgan fingerprint density at radius 2 is 2.05 bits per heavy atom. The minimum Gasteiger partial charge on any atom is -0.478 e. The number of halogens is 1. The number of hydrogen-bond acceptors (Lipinski definition) is 4. The van der Waals surface area contributed by atoms with Crippen molar-refractivity contribution in [1.29, 1.82) is 0 Å². The highest BCUT2D eigenvalue weighted by Gasteiger charge is 2.18. The number of benzene rings is 1. The summed E-state index contributed by atoms with van der Waals surface area (Å²) in [7, 11) is 0. The highest BCUT2D eigenvalue weighted by atomic mass is 79.9. The van der Waals surface area contributed by atoms with Crippen LogP contribution in [0.25, 0.3) is 0 Å². The van der Waals surface area contributed by atoms with Crippen LogP contribution < -0.4 is 0 Å². The summed E-state index contributed by atoms with van der Waals surface area (Å²) in [6.45, 7) is 3.50. The number of aryl methyl sites for hydroxylation is 1. The predicted molar refractivity (Wildman–Crippen MR) is 76.7 cm³/mol. The van der Waals surface area contributed by atoms with Gasteiger partial charge in [0.1, 0.15) is 5.03 Å². The van der Waals surface area contributed by atoms with Gasteiger partial charge < -0.3 is 5.11 Å². The number of aromatic carboxylic acids is 1. The lowest BCUT2D eigenvalue weighted by atomic mass is 10.1. The number of hydrogen-bond donors (Lipinski definition) is 1. The zero-order chi connectivity index (χ0) is 14.0. The van der Waals surface area contributed by atoms with Gasteiger partial charge in [-0.15, -0.1) is 5.10 Å². The van der Waals surface area contributed by atoms with E-state index >= 15 is 0 Å². The van der Waals surface area contributed by atoms with Crippen molar-refractivity contribution in [2.24, 2.45) is 0 Å². The molecule has 4 nitrogen and oxygen atoms in total. The van der Waals surface area contributed by atoms with Gasteiger partial charge in [-0.2, -0.15) is 5.10 Å². The van der Waals surface area contributed by atoms with Gasteiger partial charge in [0, 0.05) is 9.37 Å². The molecule has 2 aromatic rings. The smallest absolute Gasteiger partial charge is 0.338 e. The standard InChI is InChI=1S/C13H11BrN2O2S/c1-7-8(2)15-16-12(11(7)13(17)18)19-10-5-3-4-9(14)6-10/h3-6H,1-2H3,(H,17,18). The molecule has 0 amide bonds. The number of nitrogens with zero attached hydrogens (tertiary/aromatic N) is 2. The van der Waals surface area contributed by atoms with Crippen LogP contribution in [0.1, 0.15) is 21.6 Å². The summed E-state index contributed by atoms with van der Waals surface area (Å²) in [6, 6.07) is 7.61. The molecule has 0 aliphatic carbocycles. The van der Waals surface area contributed by atoms with E-state index in [1.807, 2.05) is 24.3 Å². The zero-order valence-corrected chi connectivity index (χ0v) is 12.7. The molecule has 6 heteroatoms. The van der Waals surface area contributed by atoms with Gasteiger partial charge in [0.15, 0.2) is 0 Å². The van der Waals surface area contributed by atoms with E-state index < -0.39 is 5.97 Å². The molecule has 0 atom stereocenters. The molecule has 0 bridgehead atoms. The van der Waals surface area contributed by atoms with E-state index in [1.54, 1.807) is 13.8 Å². The van der Waals surface area contributed by atoms with Crippen LogP contribution in [0.5, 0.6) is 0 Å². The zero-order valence-electron chi connectivity index (χ0n) is 10.3. The summed E-state index contributed by atoms with van der Waals surface area (Å²) in [5.41, 5.74) is 1.51. The largest absolute Gasteiger partial charge is 0.478 e. The number of carbonyl (C=O) groups is 1. The molecule has 19 heavy (non-hydrogen) atoms. The van der Waals surface area contributed by atoms with Crippen molar-refractivity contribution in [2.45, 2.75) is 23.8 Å². The second-order valence-corrected chi connectivity index (χ2v) is 5.93. The third-order valence-corrected chi connectivity index (χ3v) is 4.11. The van der Waals surface area contributed by atoms with Gasteiger partial charge in [-0.25, -0.2) is 4.79 Å². The quantitative estimate of drug-likeness (QED) is 0.924. The van der Waals surface area contributed by atoms with Crippen molar-refractivity contribution in [2.75, 3.05) is 0 Å². The summed E-state index contributed by atoms with van der Waals surface area (Å²) in [6.07, 6.45) is 0. The van der Waals surface area contributed by atoms with E-state index in [2.05, 4.69) is 26.1 Å². The fourth-order valence-electron chi connectivity index (χ4n) is 1.55. The Morgan fingerprint density at radius 1 is 1.32 bits per heavy atom. The molecule has 1 N–H and O–H groups in total. The Kier molecular flexibility index (Phi) is 4.21. The molecule has 1 heterocycles. The molecule has 0 aliphatic heterocycles. The van der Waals surface area contributed by atoms with E-state index in [1.165, 1.54) is 11.8 Å². The first kappa shape index (κ1) is 14.0. The molecule has 98 valence electrons. The minimum atomic E-state index is -0.979. The van der Waals surface area contributed by atoms with E-state index in [9.17, 15) is 9.90 Å². The van der Waals surface area contributed by atoms with Crippen molar-refractivity contribution < 1.29 is 9.90 Å². The lowest BCUT2D eigenvalue weighted by Crippen LogP contribution is -2.07. The highest BCUT2D eigenvalue weighted by molar-refractivity contribution is 9.10. The topological polar surface area (TPSA) is 63.1 Å². The molecular formula is C13H11BrN2O2S. The van der Waals surface area contributed by atoms with Crippen LogP contribution >= 0.6 is 27.7 Å². The van der Waals surface area contributed by atoms with Crippen LogP contribution in [0.2, 0.25) is 0 Å². The van der Waals surface area contributed by atoms with Gasteiger partial charge in [-0.05, 0) is 37.6 Å². The van der Waals surface area contributed by atoms with Gasteiger partial charge in [-0.3, -0.25) is 0 Å². The van der Waals surface area contributed by atoms with Crippen molar-refractivity contribution >= 4 is 33.7 Å². The Morgan fingerprint density at radius 3 is 2.68 bits per heavy atom. The lowest BCUT2D eigenvalue weighted by molar-refractivity contribution is 0.0690. The monoisotopic (exact) mass is 338 g/mol. The summed E-state index contributed by atoms with van der Waals surface area (Å²) in [5.74, 6) is -0.979. The predicted octanol–water partition coefficient (Wildman–Crippen LogP) is 3.71. The first-order valence-corrected chi connectivity index (χ1v) is 7.10. The Balaban J connectivity index is 2.46. The molecule has 0 aliphatic rings. The Hall–Kier alpha value is -1.40. The molecule has 0 radical (unpaired) electrons. The van der Waals surface area contributed by atoms with E-state index in [0.29, 0.717) is 16.3 Å². The number of carboxylic acids is 1. The first-order chi connectivity index (χ1) is 8.99. The van der Waals surface area contributed by atoms with Crippen LogP contribution in [-0.2, 0) is 0 Å². The SMILES string of the molecule is Cc1nnc(Sc2cccc(Br)c2)c(C(=O)O)c1C. The minimum absolute atomic E-state index is 0.220. The van der Waals surface area contributed by atoms with Gasteiger partial charge >= 0.3 is 5.97 Å².